The molecule has 0 aromatic rings. The van der Waals surface area contributed by atoms with Crippen molar-refractivity contribution in [3.63, 3.8) is 0 Å². The lowest BCUT2D eigenvalue weighted by Crippen LogP contribution is -2.48. The van der Waals surface area contributed by atoms with Gasteiger partial charge >= 0.3 is 5.97 Å². The number of rotatable bonds is 2. The minimum atomic E-state index is -0.196. The van der Waals surface area contributed by atoms with Crippen molar-refractivity contribution in [2.24, 2.45) is 0 Å². The van der Waals surface area contributed by atoms with Gasteiger partial charge in [0.1, 0.15) is 0 Å². The van der Waals surface area contributed by atoms with Gasteiger partial charge in [0.15, 0.2) is 0 Å². The Morgan fingerprint density at radius 1 is 1.69 bits per heavy atom. The molecule has 13 heavy (non-hydrogen) atoms. The molecule has 2 aliphatic rings. The molecule has 2 rings (SSSR count). The molecule has 1 N–H and O–H groups in total. The van der Waals surface area contributed by atoms with Crippen molar-refractivity contribution in [3.8, 4) is 0 Å². The van der Waals surface area contributed by atoms with E-state index in [1.807, 2.05) is 0 Å². The van der Waals surface area contributed by atoms with E-state index in [1.165, 1.54) is 20.0 Å². The molecular formula is C9H15NO3. The topological polar surface area (TPSA) is 47.6 Å². The van der Waals surface area contributed by atoms with Crippen molar-refractivity contribution < 1.29 is 14.3 Å². The summed E-state index contributed by atoms with van der Waals surface area (Å²) in [6, 6.07) is 0. The second-order valence-corrected chi connectivity index (χ2v) is 3.87. The summed E-state index contributed by atoms with van der Waals surface area (Å²) in [6.45, 7) is 1.52. The average Bonchev–Trinajstić information content (AvgIpc) is 2.90. The smallest absolute Gasteiger partial charge is 0.308 e. The zero-order valence-electron chi connectivity index (χ0n) is 7.84. The number of methoxy groups -OCH3 is 1. The Morgan fingerprint density at radius 2 is 2.46 bits per heavy atom. The van der Waals surface area contributed by atoms with Crippen LogP contribution in [0, 0.1) is 0 Å². The molecule has 2 fully saturated rings. The lowest BCUT2D eigenvalue weighted by atomic mass is 10.1. The summed E-state index contributed by atoms with van der Waals surface area (Å²) < 4.78 is 10.1. The summed E-state index contributed by atoms with van der Waals surface area (Å²) in [5, 5.41) is 3.42. The SMILES string of the molecule is COC(=O)CC1CNC2(CC2)CO1. The molecule has 1 heterocycles. The Bertz CT molecular complexity index is 203. The van der Waals surface area contributed by atoms with Gasteiger partial charge in [0.05, 0.1) is 26.2 Å². The average molecular weight is 185 g/mol. The maximum absolute atomic E-state index is 10.9. The molecule has 0 bridgehead atoms. The van der Waals surface area contributed by atoms with Gasteiger partial charge in [0.2, 0.25) is 0 Å². The number of hydrogen-bond donors (Lipinski definition) is 1. The molecule has 1 aliphatic heterocycles. The summed E-state index contributed by atoms with van der Waals surface area (Å²) in [5.41, 5.74) is 0.270. The summed E-state index contributed by atoms with van der Waals surface area (Å²) in [4.78, 5) is 10.9. The first-order valence-corrected chi connectivity index (χ1v) is 4.68. The fraction of sp³-hybridized carbons (Fsp3) is 0.889. The van der Waals surface area contributed by atoms with Gasteiger partial charge in [0, 0.05) is 12.1 Å². The number of esters is 1. The molecule has 1 aliphatic carbocycles. The molecule has 74 valence electrons. The number of hydrogen-bond acceptors (Lipinski definition) is 4. The van der Waals surface area contributed by atoms with Crippen LogP contribution in [-0.2, 0) is 14.3 Å². The van der Waals surface area contributed by atoms with Gasteiger partial charge < -0.3 is 14.8 Å². The van der Waals surface area contributed by atoms with E-state index >= 15 is 0 Å². The summed E-state index contributed by atoms with van der Waals surface area (Å²) in [7, 11) is 1.40. The van der Waals surface area contributed by atoms with E-state index in [4.69, 9.17) is 4.74 Å². The van der Waals surface area contributed by atoms with Crippen molar-refractivity contribution in [1.29, 1.82) is 0 Å². The van der Waals surface area contributed by atoms with Crippen molar-refractivity contribution >= 4 is 5.97 Å². The molecule has 4 heteroatoms. The molecule has 1 spiro atoms. The van der Waals surface area contributed by atoms with Crippen LogP contribution in [0.15, 0.2) is 0 Å². The van der Waals surface area contributed by atoms with Crippen LogP contribution in [0.25, 0.3) is 0 Å². The number of morpholine rings is 1. The third-order valence-corrected chi connectivity index (χ3v) is 2.78. The van der Waals surface area contributed by atoms with E-state index in [9.17, 15) is 4.79 Å². The standard InChI is InChI=1S/C9H15NO3/c1-12-8(11)4-7-5-10-9(2-3-9)6-13-7/h7,10H,2-6H2,1H3. The van der Waals surface area contributed by atoms with Crippen molar-refractivity contribution in [1.82, 2.24) is 5.32 Å². The fourth-order valence-electron chi connectivity index (χ4n) is 1.59. The van der Waals surface area contributed by atoms with Gasteiger partial charge in [-0.1, -0.05) is 0 Å². The minimum Gasteiger partial charge on any atom is -0.469 e. The number of carbonyl (C=O) groups is 1. The molecule has 1 saturated heterocycles. The van der Waals surface area contributed by atoms with Gasteiger partial charge in [0.25, 0.3) is 0 Å². The van der Waals surface area contributed by atoms with E-state index in [2.05, 4.69) is 10.1 Å². The van der Waals surface area contributed by atoms with Crippen LogP contribution < -0.4 is 5.32 Å². The summed E-state index contributed by atoms with van der Waals surface area (Å²) >= 11 is 0. The van der Waals surface area contributed by atoms with E-state index in [1.54, 1.807) is 0 Å². The van der Waals surface area contributed by atoms with Crippen LogP contribution in [0.4, 0.5) is 0 Å². The third kappa shape index (κ3) is 2.00. The lowest BCUT2D eigenvalue weighted by Gasteiger charge is -2.29. The highest BCUT2D eigenvalue weighted by Crippen LogP contribution is 2.37. The molecule has 1 unspecified atom stereocenters. The molecule has 4 nitrogen and oxygen atoms in total. The van der Waals surface area contributed by atoms with Crippen LogP contribution in [-0.4, -0.2) is 37.9 Å². The van der Waals surface area contributed by atoms with E-state index in [0.717, 1.165) is 13.2 Å². The molecular weight excluding hydrogens is 170 g/mol. The van der Waals surface area contributed by atoms with Gasteiger partial charge in [-0.2, -0.15) is 0 Å². The quantitative estimate of drug-likeness (QED) is 0.618. The Balaban J connectivity index is 1.74. The molecule has 0 aromatic carbocycles. The highest BCUT2D eigenvalue weighted by atomic mass is 16.5. The first-order chi connectivity index (χ1) is 6.24. The van der Waals surface area contributed by atoms with Crippen LogP contribution in [0.1, 0.15) is 19.3 Å². The van der Waals surface area contributed by atoms with E-state index in [-0.39, 0.29) is 17.6 Å². The normalized spacial score (nSPS) is 30.1. The Morgan fingerprint density at radius 3 is 2.92 bits per heavy atom. The zero-order chi connectivity index (χ0) is 9.31. The first kappa shape index (κ1) is 8.97. The Hall–Kier alpha value is -0.610. The maximum Gasteiger partial charge on any atom is 0.308 e. The number of ether oxygens (including phenoxy) is 2. The monoisotopic (exact) mass is 185 g/mol. The molecule has 1 atom stereocenters. The third-order valence-electron chi connectivity index (χ3n) is 2.78. The van der Waals surface area contributed by atoms with Crippen molar-refractivity contribution in [3.05, 3.63) is 0 Å². The van der Waals surface area contributed by atoms with Gasteiger partial charge in [-0.3, -0.25) is 4.79 Å². The maximum atomic E-state index is 10.9. The van der Waals surface area contributed by atoms with Crippen LogP contribution in [0.5, 0.6) is 0 Å². The second-order valence-electron chi connectivity index (χ2n) is 3.87. The van der Waals surface area contributed by atoms with Crippen LogP contribution in [0.3, 0.4) is 0 Å². The highest BCUT2D eigenvalue weighted by molar-refractivity contribution is 5.69. The molecule has 0 radical (unpaired) electrons. The largest absolute Gasteiger partial charge is 0.469 e. The summed E-state index contributed by atoms with van der Waals surface area (Å²) in [5.74, 6) is -0.196. The van der Waals surface area contributed by atoms with Crippen molar-refractivity contribution in [2.75, 3.05) is 20.3 Å². The number of nitrogens with one attached hydrogen (secondary N) is 1. The molecule has 0 aromatic heterocycles. The Kier molecular flexibility index (Phi) is 2.26. The Labute approximate surface area is 77.6 Å². The van der Waals surface area contributed by atoms with Crippen molar-refractivity contribution in [2.45, 2.75) is 30.9 Å². The van der Waals surface area contributed by atoms with E-state index < -0.39 is 0 Å². The van der Waals surface area contributed by atoms with Gasteiger partial charge in [-0.05, 0) is 12.8 Å². The summed E-state index contributed by atoms with van der Waals surface area (Å²) in [6.07, 6.45) is 2.77. The zero-order valence-corrected chi connectivity index (χ0v) is 7.84. The second kappa shape index (κ2) is 3.27. The predicted molar refractivity (Wildman–Crippen MR) is 46.3 cm³/mol. The van der Waals surface area contributed by atoms with Crippen LogP contribution in [0.2, 0.25) is 0 Å². The highest BCUT2D eigenvalue weighted by Gasteiger charge is 2.45. The molecule has 1 saturated carbocycles. The van der Waals surface area contributed by atoms with Gasteiger partial charge in [-0.15, -0.1) is 0 Å². The predicted octanol–water partition coefficient (Wildman–Crippen LogP) is 0.0705. The molecule has 0 amide bonds. The minimum absolute atomic E-state index is 0.00123. The van der Waals surface area contributed by atoms with Gasteiger partial charge in [-0.25, -0.2) is 0 Å². The lowest BCUT2D eigenvalue weighted by molar-refractivity contribution is -0.144. The number of carbonyl (C=O) groups excluding carboxylic acids is 1. The first-order valence-electron chi connectivity index (χ1n) is 4.68. The van der Waals surface area contributed by atoms with E-state index in [0.29, 0.717) is 6.42 Å². The fourth-order valence-corrected chi connectivity index (χ4v) is 1.59. The van der Waals surface area contributed by atoms with Crippen LogP contribution >= 0.6 is 0 Å².